The Morgan fingerprint density at radius 2 is 1.86 bits per heavy atom. The molecule has 42 heavy (non-hydrogen) atoms. The summed E-state index contributed by atoms with van der Waals surface area (Å²) in [5.74, 6) is -1.99. The number of benzene rings is 1. The molecule has 0 unspecified atom stereocenters. The molecule has 0 radical (unpaired) electrons. The number of amides is 2. The fourth-order valence-electron chi connectivity index (χ4n) is 5.60. The van der Waals surface area contributed by atoms with E-state index in [0.717, 1.165) is 25.0 Å². The molecule has 0 bridgehead atoms. The maximum atomic E-state index is 14.8. The fraction of sp³-hybridized carbons (Fsp3) is 0.500. The Hall–Kier alpha value is -4.54. The van der Waals surface area contributed by atoms with Gasteiger partial charge in [-0.1, -0.05) is 0 Å². The molecule has 1 saturated carbocycles. The maximum Gasteiger partial charge on any atom is 0.410 e. The summed E-state index contributed by atoms with van der Waals surface area (Å²) in [5, 5.41) is 15.1. The minimum Gasteiger partial charge on any atom is -0.447 e. The molecular formula is C28H33F2N9O3. The highest BCUT2D eigenvalue weighted by molar-refractivity contribution is 5.78. The number of anilines is 3. The van der Waals surface area contributed by atoms with Crippen LogP contribution in [0.4, 0.5) is 31.2 Å². The summed E-state index contributed by atoms with van der Waals surface area (Å²) >= 11 is 0. The van der Waals surface area contributed by atoms with Gasteiger partial charge in [0, 0.05) is 31.1 Å². The third kappa shape index (κ3) is 6.19. The van der Waals surface area contributed by atoms with Crippen molar-refractivity contribution in [3.63, 3.8) is 0 Å². The first-order valence-corrected chi connectivity index (χ1v) is 14.1. The summed E-state index contributed by atoms with van der Waals surface area (Å²) in [5.41, 5.74) is 5.79. The number of carbonyl (C=O) groups is 2. The second kappa shape index (κ2) is 12.1. The molecule has 2 aromatic heterocycles. The number of nitrogens with two attached hydrogens (primary N) is 1. The number of fused-ring (bicyclic) bond motifs is 1. The molecule has 3 aromatic rings. The van der Waals surface area contributed by atoms with Gasteiger partial charge in [-0.2, -0.15) is 10.2 Å². The van der Waals surface area contributed by atoms with Crippen molar-refractivity contribution in [2.75, 3.05) is 23.7 Å². The number of imidazole rings is 1. The van der Waals surface area contributed by atoms with E-state index in [1.807, 2.05) is 0 Å². The molecule has 0 spiro atoms. The first kappa shape index (κ1) is 29.0. The highest BCUT2D eigenvalue weighted by Crippen LogP contribution is 2.37. The van der Waals surface area contributed by atoms with E-state index in [1.165, 1.54) is 6.20 Å². The lowest BCUT2D eigenvalue weighted by Gasteiger charge is -2.33. The molecule has 12 nitrogen and oxygen atoms in total. The van der Waals surface area contributed by atoms with Crippen molar-refractivity contribution < 1.29 is 23.1 Å². The number of carbonyl (C=O) groups excluding carboxylic acids is 2. The minimum atomic E-state index is -0.936. The van der Waals surface area contributed by atoms with Crippen LogP contribution in [0.3, 0.4) is 0 Å². The van der Waals surface area contributed by atoms with Gasteiger partial charge >= 0.3 is 6.09 Å². The molecule has 4 N–H and O–H groups in total. The van der Waals surface area contributed by atoms with Gasteiger partial charge in [0.2, 0.25) is 17.8 Å². The van der Waals surface area contributed by atoms with E-state index in [4.69, 9.17) is 20.7 Å². The largest absolute Gasteiger partial charge is 0.447 e. The molecule has 2 amide bonds. The van der Waals surface area contributed by atoms with Crippen LogP contribution in [0.25, 0.3) is 11.2 Å². The van der Waals surface area contributed by atoms with E-state index in [9.17, 15) is 18.4 Å². The Labute approximate surface area is 241 Å². The average Bonchev–Trinajstić information content (AvgIpc) is 3.31. The van der Waals surface area contributed by atoms with Gasteiger partial charge in [-0.25, -0.2) is 23.5 Å². The number of hydrogen-bond acceptors (Lipinski definition) is 9. The SMILES string of the molecule is CC(C)OC(=O)N1CCC[C@@H](Nc2ncc3nc(Nc4c(F)cc(C#N)cc4F)n([C@H]4CC[C@H](C(N)=O)CC4)c3n2)C1. The number of nitriles is 1. The molecule has 1 saturated heterocycles. The maximum absolute atomic E-state index is 14.8. The third-order valence-electron chi connectivity index (χ3n) is 7.65. The van der Waals surface area contributed by atoms with Crippen molar-refractivity contribution in [1.29, 1.82) is 5.26 Å². The average molecular weight is 582 g/mol. The number of hydrogen-bond donors (Lipinski definition) is 3. The quantitative estimate of drug-likeness (QED) is 0.368. The summed E-state index contributed by atoms with van der Waals surface area (Å²) in [6.45, 7) is 4.63. The van der Waals surface area contributed by atoms with E-state index in [-0.39, 0.29) is 47.6 Å². The zero-order valence-corrected chi connectivity index (χ0v) is 23.4. The summed E-state index contributed by atoms with van der Waals surface area (Å²) in [6, 6.07) is 3.33. The minimum absolute atomic E-state index is 0.113. The predicted molar refractivity (Wildman–Crippen MR) is 150 cm³/mol. The number of piperidine rings is 1. The molecule has 1 aromatic carbocycles. The van der Waals surface area contributed by atoms with E-state index < -0.39 is 17.3 Å². The summed E-state index contributed by atoms with van der Waals surface area (Å²) in [6.07, 6.45) is 4.79. The van der Waals surface area contributed by atoms with E-state index >= 15 is 0 Å². The number of rotatable bonds is 7. The van der Waals surface area contributed by atoms with Crippen molar-refractivity contribution in [3.05, 3.63) is 35.5 Å². The Kier molecular flexibility index (Phi) is 8.37. The van der Waals surface area contributed by atoms with Crippen LogP contribution in [-0.2, 0) is 9.53 Å². The lowest BCUT2D eigenvalue weighted by Crippen LogP contribution is -2.46. The van der Waals surface area contributed by atoms with Crippen LogP contribution in [0.5, 0.6) is 0 Å². The van der Waals surface area contributed by atoms with Crippen LogP contribution >= 0.6 is 0 Å². The van der Waals surface area contributed by atoms with E-state index in [0.29, 0.717) is 55.9 Å². The number of ether oxygens (including phenoxy) is 1. The molecule has 2 fully saturated rings. The second-order valence-electron chi connectivity index (χ2n) is 11.0. The fourth-order valence-corrected chi connectivity index (χ4v) is 5.60. The molecule has 1 atom stereocenters. The molecule has 1 aliphatic carbocycles. The van der Waals surface area contributed by atoms with Gasteiger partial charge < -0.3 is 26.0 Å². The first-order valence-electron chi connectivity index (χ1n) is 14.1. The van der Waals surface area contributed by atoms with Crippen LogP contribution in [0.2, 0.25) is 0 Å². The number of primary amides is 1. The Morgan fingerprint density at radius 1 is 1.14 bits per heavy atom. The lowest BCUT2D eigenvalue weighted by atomic mass is 9.85. The van der Waals surface area contributed by atoms with Crippen molar-refractivity contribution in [1.82, 2.24) is 24.4 Å². The van der Waals surface area contributed by atoms with Gasteiger partial charge in [0.15, 0.2) is 17.3 Å². The van der Waals surface area contributed by atoms with Crippen LogP contribution < -0.4 is 16.4 Å². The van der Waals surface area contributed by atoms with E-state index in [1.54, 1.807) is 29.4 Å². The standard InChI is InChI=1S/C28H33F2N9O3/c1-15(2)42-28(41)38-9-3-4-18(14-38)34-26-33-13-22-25(37-26)39(19-7-5-17(6-8-19)24(32)40)27(35-22)36-23-20(29)10-16(12-31)11-21(23)30/h10-11,13,15,17-19H,3-9,14H2,1-2H3,(H2,32,40)(H,35,36)(H,33,34,37)/t17-,18-,19-/m1/s1. The van der Waals surface area contributed by atoms with Gasteiger partial charge in [-0.3, -0.25) is 9.36 Å². The van der Waals surface area contributed by atoms with Crippen LogP contribution in [0.15, 0.2) is 18.3 Å². The monoisotopic (exact) mass is 581 g/mol. The highest BCUT2D eigenvalue weighted by Gasteiger charge is 2.30. The van der Waals surface area contributed by atoms with Gasteiger partial charge in [0.1, 0.15) is 11.2 Å². The topological polar surface area (TPSA) is 164 Å². The van der Waals surface area contributed by atoms with Gasteiger partial charge in [0.25, 0.3) is 0 Å². The van der Waals surface area contributed by atoms with Crippen molar-refractivity contribution in [3.8, 4) is 6.07 Å². The first-order chi connectivity index (χ1) is 20.1. The Balaban J connectivity index is 1.46. The zero-order chi connectivity index (χ0) is 30.0. The number of likely N-dealkylation sites (tertiary alicyclic amines) is 1. The summed E-state index contributed by atoms with van der Waals surface area (Å²) in [7, 11) is 0. The van der Waals surface area contributed by atoms with Crippen molar-refractivity contribution in [2.24, 2.45) is 11.7 Å². The number of nitrogens with one attached hydrogen (secondary N) is 2. The highest BCUT2D eigenvalue weighted by atomic mass is 19.1. The number of halogens is 2. The number of aromatic nitrogens is 4. The molecule has 14 heteroatoms. The molecule has 3 heterocycles. The molecule has 5 rings (SSSR count). The molecule has 2 aliphatic rings. The number of nitrogens with zero attached hydrogens (tertiary/aromatic N) is 6. The second-order valence-corrected chi connectivity index (χ2v) is 11.0. The van der Waals surface area contributed by atoms with Crippen molar-refractivity contribution >= 4 is 40.7 Å². The van der Waals surface area contributed by atoms with Crippen LogP contribution in [0.1, 0.15) is 64.0 Å². The van der Waals surface area contributed by atoms with Crippen molar-refractivity contribution in [2.45, 2.75) is 70.6 Å². The van der Waals surface area contributed by atoms with Gasteiger partial charge in [0.05, 0.1) is 23.9 Å². The zero-order valence-electron chi connectivity index (χ0n) is 23.4. The third-order valence-corrected chi connectivity index (χ3v) is 7.65. The molecule has 222 valence electrons. The summed E-state index contributed by atoms with van der Waals surface area (Å²) in [4.78, 5) is 39.6. The molecule has 1 aliphatic heterocycles. The normalized spacial score (nSPS) is 20.8. The van der Waals surface area contributed by atoms with Gasteiger partial charge in [-0.15, -0.1) is 0 Å². The Morgan fingerprint density at radius 3 is 2.50 bits per heavy atom. The molecular weight excluding hydrogens is 548 g/mol. The summed E-state index contributed by atoms with van der Waals surface area (Å²) < 4.78 is 36.8. The Bertz CT molecular complexity index is 1510. The smallest absolute Gasteiger partial charge is 0.410 e. The predicted octanol–water partition coefficient (Wildman–Crippen LogP) is 4.36. The lowest BCUT2D eigenvalue weighted by molar-refractivity contribution is -0.122. The van der Waals surface area contributed by atoms with Crippen LogP contribution in [-0.4, -0.2) is 61.7 Å². The van der Waals surface area contributed by atoms with E-state index in [2.05, 4.69) is 20.6 Å². The van der Waals surface area contributed by atoms with Gasteiger partial charge in [-0.05, 0) is 64.5 Å². The van der Waals surface area contributed by atoms with Crippen LogP contribution in [0, 0.1) is 28.9 Å².